The first-order chi connectivity index (χ1) is 13.0. The van der Waals surface area contributed by atoms with Crippen LogP contribution in [0.4, 0.5) is 0 Å². The Bertz CT molecular complexity index is 982. The van der Waals surface area contributed by atoms with Crippen molar-refractivity contribution in [3.05, 3.63) is 52.0 Å². The molecule has 1 heterocycles. The lowest BCUT2D eigenvalue weighted by molar-refractivity contribution is 0.0717. The fourth-order valence-corrected chi connectivity index (χ4v) is 3.92. The molecule has 2 aromatic carbocycles. The molecule has 0 aliphatic heterocycles. The van der Waals surface area contributed by atoms with Crippen molar-refractivity contribution in [3.8, 4) is 11.5 Å². The summed E-state index contributed by atoms with van der Waals surface area (Å²) in [5, 5.41) is 13.9. The number of hydrogen-bond acceptors (Lipinski definition) is 4. The number of hydrogen-bond donors (Lipinski definition) is 2. The van der Waals surface area contributed by atoms with Crippen LogP contribution in [0.3, 0.4) is 0 Å². The number of nitrogens with one attached hydrogen (secondary N) is 1. The monoisotopic (exact) mass is 404 g/mol. The van der Waals surface area contributed by atoms with Crippen LogP contribution in [0.25, 0.3) is 22.6 Å². The number of benzene rings is 2. The molecule has 5 nitrogen and oxygen atoms in total. The van der Waals surface area contributed by atoms with Gasteiger partial charge in [-0.1, -0.05) is 36.0 Å². The second-order valence-electron chi connectivity index (χ2n) is 6.79. The van der Waals surface area contributed by atoms with E-state index in [9.17, 15) is 9.90 Å². The zero-order valence-electron chi connectivity index (χ0n) is 14.4. The van der Waals surface area contributed by atoms with Crippen molar-refractivity contribution in [2.24, 2.45) is 0 Å². The summed E-state index contributed by atoms with van der Waals surface area (Å²) in [6.07, 6.45) is 3.02. The third kappa shape index (κ3) is 3.95. The van der Waals surface area contributed by atoms with Crippen LogP contribution in [0.15, 0.2) is 40.8 Å². The minimum atomic E-state index is -0.490. The Balaban J connectivity index is 1.59. The summed E-state index contributed by atoms with van der Waals surface area (Å²) >= 11 is 12.1. The van der Waals surface area contributed by atoms with E-state index in [0.29, 0.717) is 38.2 Å². The highest BCUT2D eigenvalue weighted by Crippen LogP contribution is 2.29. The summed E-state index contributed by atoms with van der Waals surface area (Å²) in [6.45, 7) is 0. The van der Waals surface area contributed by atoms with Gasteiger partial charge >= 0.3 is 0 Å². The van der Waals surface area contributed by atoms with Gasteiger partial charge in [0.2, 0.25) is 5.89 Å². The van der Waals surface area contributed by atoms with Crippen LogP contribution in [0, 0.1) is 0 Å². The quantitative estimate of drug-likeness (QED) is 0.654. The molecule has 1 fully saturated rings. The van der Waals surface area contributed by atoms with Gasteiger partial charge in [-0.2, -0.15) is 0 Å². The summed E-state index contributed by atoms with van der Waals surface area (Å²) in [5.41, 5.74) is 2.26. The lowest BCUT2D eigenvalue weighted by Gasteiger charge is -2.28. The lowest BCUT2D eigenvalue weighted by atomic mass is 9.92. The van der Waals surface area contributed by atoms with Gasteiger partial charge in [-0.05, 0) is 49.2 Å². The average Bonchev–Trinajstić information content (AvgIpc) is 3.06. The molecule has 4 rings (SSSR count). The van der Waals surface area contributed by atoms with E-state index in [1.165, 1.54) is 0 Å². The molecule has 0 radical (unpaired) electrons. The number of aliphatic hydroxyl groups excluding tert-OH is 1. The number of nitrogens with zero attached hydrogens (tertiary/aromatic N) is 1. The standard InChI is InChI=1S/C20H18Cl2N2O3/c21-13-7-12(8-14(22)10-13)20-24-16-6-5-11(9-18(16)27-20)19(26)23-15-3-1-2-4-17(15)25/h5-10,15,17,25H,1-4H2,(H,23,26)/t15-,17+/m1/s1. The molecular formula is C20H18Cl2N2O3. The van der Waals surface area contributed by atoms with Crippen molar-refractivity contribution in [2.45, 2.75) is 37.8 Å². The maximum atomic E-state index is 12.5. The molecule has 2 atom stereocenters. The Morgan fingerprint density at radius 1 is 1.11 bits per heavy atom. The molecule has 7 heteroatoms. The molecule has 1 aliphatic carbocycles. The van der Waals surface area contributed by atoms with Gasteiger partial charge in [-0.3, -0.25) is 4.79 Å². The summed E-state index contributed by atoms with van der Waals surface area (Å²) in [4.78, 5) is 17.0. The molecule has 2 N–H and O–H groups in total. The first-order valence-electron chi connectivity index (χ1n) is 8.85. The first kappa shape index (κ1) is 18.3. The number of carbonyl (C=O) groups is 1. The molecule has 3 aromatic rings. The van der Waals surface area contributed by atoms with E-state index in [2.05, 4.69) is 10.3 Å². The molecule has 0 spiro atoms. The predicted octanol–water partition coefficient (Wildman–Crippen LogP) is 4.83. The third-order valence-electron chi connectivity index (χ3n) is 4.81. The summed E-state index contributed by atoms with van der Waals surface area (Å²) in [5.74, 6) is 0.154. The predicted molar refractivity (Wildman–Crippen MR) is 105 cm³/mol. The average molecular weight is 405 g/mol. The number of rotatable bonds is 3. The van der Waals surface area contributed by atoms with Crippen molar-refractivity contribution in [1.82, 2.24) is 10.3 Å². The summed E-state index contributed by atoms with van der Waals surface area (Å²) in [7, 11) is 0. The van der Waals surface area contributed by atoms with Crippen LogP contribution in [0.5, 0.6) is 0 Å². The molecule has 140 valence electrons. The SMILES string of the molecule is O=C(N[C@@H]1CCCC[C@@H]1O)c1ccc2nc(-c3cc(Cl)cc(Cl)c3)oc2c1. The normalized spacial score (nSPS) is 20.0. The second kappa shape index (κ2) is 7.50. The van der Waals surface area contributed by atoms with Crippen molar-refractivity contribution in [2.75, 3.05) is 0 Å². The molecular weight excluding hydrogens is 387 g/mol. The Labute approximate surface area is 166 Å². The number of halogens is 2. The van der Waals surface area contributed by atoms with E-state index >= 15 is 0 Å². The van der Waals surface area contributed by atoms with Crippen molar-refractivity contribution in [3.63, 3.8) is 0 Å². The molecule has 0 saturated heterocycles. The van der Waals surface area contributed by atoms with Gasteiger partial charge in [0.05, 0.1) is 12.1 Å². The van der Waals surface area contributed by atoms with E-state index in [0.717, 1.165) is 25.7 Å². The van der Waals surface area contributed by atoms with Crippen LogP contribution >= 0.6 is 23.2 Å². The topological polar surface area (TPSA) is 75.4 Å². The molecule has 1 aliphatic rings. The van der Waals surface area contributed by atoms with E-state index < -0.39 is 6.10 Å². The van der Waals surface area contributed by atoms with Gasteiger partial charge in [0, 0.05) is 21.2 Å². The molecule has 27 heavy (non-hydrogen) atoms. The van der Waals surface area contributed by atoms with Gasteiger partial charge in [0.1, 0.15) is 5.52 Å². The van der Waals surface area contributed by atoms with Crippen LogP contribution in [-0.4, -0.2) is 28.1 Å². The largest absolute Gasteiger partial charge is 0.436 e. The number of amides is 1. The number of carbonyl (C=O) groups excluding carboxylic acids is 1. The van der Waals surface area contributed by atoms with Crippen LogP contribution in [-0.2, 0) is 0 Å². The van der Waals surface area contributed by atoms with Gasteiger partial charge in [-0.25, -0.2) is 4.98 Å². The van der Waals surface area contributed by atoms with E-state index in [4.69, 9.17) is 27.6 Å². The van der Waals surface area contributed by atoms with E-state index in [-0.39, 0.29) is 11.9 Å². The zero-order chi connectivity index (χ0) is 19.0. The van der Waals surface area contributed by atoms with Gasteiger partial charge in [0.25, 0.3) is 5.91 Å². The molecule has 0 unspecified atom stereocenters. The van der Waals surface area contributed by atoms with E-state index in [1.54, 1.807) is 36.4 Å². The Kier molecular flexibility index (Phi) is 5.08. The van der Waals surface area contributed by atoms with Crippen molar-refractivity contribution < 1.29 is 14.3 Å². The second-order valence-corrected chi connectivity index (χ2v) is 7.66. The summed E-state index contributed by atoms with van der Waals surface area (Å²) in [6, 6.07) is 9.96. The Hall–Kier alpha value is -2.08. The van der Waals surface area contributed by atoms with E-state index in [1.807, 2.05) is 0 Å². The van der Waals surface area contributed by atoms with Crippen LogP contribution in [0.2, 0.25) is 10.0 Å². The fraction of sp³-hybridized carbons (Fsp3) is 0.300. The molecule has 1 aromatic heterocycles. The summed E-state index contributed by atoms with van der Waals surface area (Å²) < 4.78 is 5.81. The van der Waals surface area contributed by atoms with Crippen LogP contribution in [0.1, 0.15) is 36.0 Å². The highest BCUT2D eigenvalue weighted by molar-refractivity contribution is 6.35. The number of aliphatic hydroxyl groups is 1. The first-order valence-corrected chi connectivity index (χ1v) is 9.61. The molecule has 0 bridgehead atoms. The van der Waals surface area contributed by atoms with Gasteiger partial charge in [-0.15, -0.1) is 0 Å². The Morgan fingerprint density at radius 2 is 1.85 bits per heavy atom. The van der Waals surface area contributed by atoms with Crippen molar-refractivity contribution in [1.29, 1.82) is 0 Å². The number of fused-ring (bicyclic) bond motifs is 1. The molecule has 1 saturated carbocycles. The minimum Gasteiger partial charge on any atom is -0.436 e. The highest BCUT2D eigenvalue weighted by atomic mass is 35.5. The van der Waals surface area contributed by atoms with Gasteiger partial charge in [0.15, 0.2) is 5.58 Å². The Morgan fingerprint density at radius 3 is 2.59 bits per heavy atom. The highest BCUT2D eigenvalue weighted by Gasteiger charge is 2.25. The maximum Gasteiger partial charge on any atom is 0.251 e. The zero-order valence-corrected chi connectivity index (χ0v) is 15.9. The smallest absolute Gasteiger partial charge is 0.251 e. The van der Waals surface area contributed by atoms with Crippen molar-refractivity contribution >= 4 is 40.2 Å². The number of aromatic nitrogens is 1. The maximum absolute atomic E-state index is 12.5. The number of oxazole rings is 1. The third-order valence-corrected chi connectivity index (χ3v) is 5.24. The van der Waals surface area contributed by atoms with Gasteiger partial charge < -0.3 is 14.8 Å². The minimum absolute atomic E-state index is 0.208. The van der Waals surface area contributed by atoms with Crippen LogP contribution < -0.4 is 5.32 Å². The molecule has 1 amide bonds. The fourth-order valence-electron chi connectivity index (χ4n) is 3.40. The lowest BCUT2D eigenvalue weighted by Crippen LogP contribution is -2.45.